The Bertz CT molecular complexity index is 300. The fraction of sp³-hybridized carbons (Fsp3) is 0.875. The summed E-state index contributed by atoms with van der Waals surface area (Å²) >= 11 is 0. The molecule has 0 aromatic carbocycles. The van der Waals surface area contributed by atoms with E-state index in [9.17, 15) is 13.2 Å². The number of amides is 1. The lowest BCUT2D eigenvalue weighted by atomic mass is 10.1. The minimum atomic E-state index is -2.88. The fourth-order valence-electron chi connectivity index (χ4n) is 1.48. The van der Waals surface area contributed by atoms with Crippen molar-refractivity contribution < 1.29 is 13.2 Å². The Hall–Kier alpha value is -0.620. The Kier molecular flexibility index (Phi) is 3.88. The highest BCUT2D eigenvalue weighted by Crippen LogP contribution is 2.06. The molecule has 1 unspecified atom stereocenters. The first-order valence-electron chi connectivity index (χ1n) is 4.68. The largest absolute Gasteiger partial charge is 0.359 e. The number of carbonyl (C=O) groups is 1. The topological polar surface area (TPSA) is 75.3 Å². The summed E-state index contributed by atoms with van der Waals surface area (Å²) in [5.74, 6) is 0.322. The summed E-state index contributed by atoms with van der Waals surface area (Å²) in [7, 11) is -1.30. The third-order valence-electron chi connectivity index (χ3n) is 2.30. The lowest BCUT2D eigenvalue weighted by Gasteiger charge is -2.23. The van der Waals surface area contributed by atoms with Crippen molar-refractivity contribution in [3.8, 4) is 0 Å². The standard InChI is InChI=1S/C8H16N2O3S/c1-9-8(11)3-2-7-6-14(12,13)5-4-10-7/h7,10H,2-6H2,1H3,(H,9,11). The zero-order valence-electron chi connectivity index (χ0n) is 8.25. The molecule has 1 heterocycles. The van der Waals surface area contributed by atoms with E-state index in [1.165, 1.54) is 0 Å². The van der Waals surface area contributed by atoms with Gasteiger partial charge in [0.1, 0.15) is 0 Å². The predicted molar refractivity (Wildman–Crippen MR) is 53.7 cm³/mol. The lowest BCUT2D eigenvalue weighted by Crippen LogP contribution is -2.45. The summed E-state index contributed by atoms with van der Waals surface area (Å²) in [6, 6.07) is -0.0638. The number of rotatable bonds is 3. The molecular weight excluding hydrogens is 204 g/mol. The average molecular weight is 220 g/mol. The molecule has 0 spiro atoms. The van der Waals surface area contributed by atoms with E-state index in [1.807, 2.05) is 0 Å². The molecule has 5 nitrogen and oxygen atoms in total. The van der Waals surface area contributed by atoms with Crippen molar-refractivity contribution in [2.75, 3.05) is 25.1 Å². The van der Waals surface area contributed by atoms with Crippen LogP contribution in [0.3, 0.4) is 0 Å². The van der Waals surface area contributed by atoms with Crippen LogP contribution < -0.4 is 10.6 Å². The first kappa shape index (κ1) is 11.5. The third-order valence-corrected chi connectivity index (χ3v) is 4.04. The number of carbonyl (C=O) groups excluding carboxylic acids is 1. The van der Waals surface area contributed by atoms with E-state index < -0.39 is 9.84 Å². The number of nitrogens with one attached hydrogen (secondary N) is 2. The van der Waals surface area contributed by atoms with Gasteiger partial charge in [-0.1, -0.05) is 0 Å². The second-order valence-electron chi connectivity index (χ2n) is 3.48. The van der Waals surface area contributed by atoms with Gasteiger partial charge in [0.25, 0.3) is 0 Å². The smallest absolute Gasteiger partial charge is 0.219 e. The molecule has 0 aromatic heterocycles. The lowest BCUT2D eigenvalue weighted by molar-refractivity contribution is -0.120. The van der Waals surface area contributed by atoms with Gasteiger partial charge in [-0.3, -0.25) is 4.79 Å². The zero-order valence-corrected chi connectivity index (χ0v) is 9.06. The van der Waals surface area contributed by atoms with E-state index >= 15 is 0 Å². The molecule has 1 aliphatic heterocycles. The van der Waals surface area contributed by atoms with Crippen molar-refractivity contribution in [3.63, 3.8) is 0 Å². The molecule has 1 saturated heterocycles. The van der Waals surface area contributed by atoms with Crippen LogP contribution in [0.2, 0.25) is 0 Å². The summed E-state index contributed by atoms with van der Waals surface area (Å²) in [5, 5.41) is 5.60. The second-order valence-corrected chi connectivity index (χ2v) is 5.71. The Morgan fingerprint density at radius 1 is 1.57 bits per heavy atom. The second kappa shape index (κ2) is 4.75. The monoisotopic (exact) mass is 220 g/mol. The molecular formula is C8H16N2O3S. The molecule has 0 radical (unpaired) electrons. The van der Waals surface area contributed by atoms with Crippen LogP contribution in [0.5, 0.6) is 0 Å². The SMILES string of the molecule is CNC(=O)CCC1CS(=O)(=O)CCN1. The van der Waals surface area contributed by atoms with Crippen molar-refractivity contribution in [1.82, 2.24) is 10.6 Å². The van der Waals surface area contributed by atoms with Crippen molar-refractivity contribution in [3.05, 3.63) is 0 Å². The number of hydrogen-bond donors (Lipinski definition) is 2. The first-order valence-corrected chi connectivity index (χ1v) is 6.50. The maximum absolute atomic E-state index is 11.2. The maximum Gasteiger partial charge on any atom is 0.219 e. The molecule has 14 heavy (non-hydrogen) atoms. The molecule has 0 saturated carbocycles. The van der Waals surface area contributed by atoms with Crippen LogP contribution in [-0.4, -0.2) is 45.5 Å². The molecule has 1 fully saturated rings. The Balaban J connectivity index is 2.35. The van der Waals surface area contributed by atoms with Gasteiger partial charge in [0.05, 0.1) is 11.5 Å². The summed E-state index contributed by atoms with van der Waals surface area (Å²) in [5.41, 5.74) is 0. The zero-order chi connectivity index (χ0) is 10.6. The van der Waals surface area contributed by atoms with E-state index in [1.54, 1.807) is 7.05 Å². The van der Waals surface area contributed by atoms with Crippen LogP contribution in [0.1, 0.15) is 12.8 Å². The summed E-state index contributed by atoms with van der Waals surface area (Å²) in [6.07, 6.45) is 0.961. The van der Waals surface area contributed by atoms with Gasteiger partial charge in [-0.2, -0.15) is 0 Å². The Morgan fingerprint density at radius 3 is 2.86 bits per heavy atom. The highest BCUT2D eigenvalue weighted by atomic mass is 32.2. The van der Waals surface area contributed by atoms with E-state index in [0.29, 0.717) is 19.4 Å². The molecule has 82 valence electrons. The maximum atomic E-state index is 11.2. The van der Waals surface area contributed by atoms with Gasteiger partial charge in [-0.05, 0) is 6.42 Å². The van der Waals surface area contributed by atoms with E-state index in [4.69, 9.17) is 0 Å². The van der Waals surface area contributed by atoms with Crippen LogP contribution in [-0.2, 0) is 14.6 Å². The molecule has 0 aromatic rings. The fourth-order valence-corrected chi connectivity index (χ4v) is 2.98. The van der Waals surface area contributed by atoms with Gasteiger partial charge < -0.3 is 10.6 Å². The first-order chi connectivity index (χ1) is 6.53. The van der Waals surface area contributed by atoms with Crippen molar-refractivity contribution in [2.24, 2.45) is 0 Å². The summed E-state index contributed by atoms with van der Waals surface area (Å²) in [6.45, 7) is 0.501. The third kappa shape index (κ3) is 3.63. The van der Waals surface area contributed by atoms with Gasteiger partial charge in [-0.25, -0.2) is 8.42 Å². The Labute approximate surface area is 84.2 Å². The van der Waals surface area contributed by atoms with Crippen molar-refractivity contribution in [2.45, 2.75) is 18.9 Å². The van der Waals surface area contributed by atoms with Crippen LogP contribution in [0.4, 0.5) is 0 Å². The van der Waals surface area contributed by atoms with Gasteiger partial charge in [-0.15, -0.1) is 0 Å². The Morgan fingerprint density at radius 2 is 2.29 bits per heavy atom. The molecule has 0 bridgehead atoms. The highest BCUT2D eigenvalue weighted by molar-refractivity contribution is 7.91. The quantitative estimate of drug-likeness (QED) is 0.633. The summed E-state index contributed by atoms with van der Waals surface area (Å²) < 4.78 is 22.5. The average Bonchev–Trinajstić information content (AvgIpc) is 2.12. The van der Waals surface area contributed by atoms with Gasteiger partial charge in [0, 0.05) is 26.1 Å². The molecule has 1 aliphatic rings. The van der Waals surface area contributed by atoms with Crippen LogP contribution in [0.25, 0.3) is 0 Å². The van der Waals surface area contributed by atoms with E-state index in [0.717, 1.165) is 0 Å². The van der Waals surface area contributed by atoms with E-state index in [-0.39, 0.29) is 23.5 Å². The van der Waals surface area contributed by atoms with Crippen LogP contribution >= 0.6 is 0 Å². The minimum Gasteiger partial charge on any atom is -0.359 e. The predicted octanol–water partition coefficient (Wildman–Crippen LogP) is -1.10. The summed E-state index contributed by atoms with van der Waals surface area (Å²) in [4.78, 5) is 10.9. The van der Waals surface area contributed by atoms with Crippen molar-refractivity contribution in [1.29, 1.82) is 0 Å². The number of sulfone groups is 1. The van der Waals surface area contributed by atoms with E-state index in [2.05, 4.69) is 10.6 Å². The molecule has 1 rings (SSSR count). The van der Waals surface area contributed by atoms with Gasteiger partial charge >= 0.3 is 0 Å². The molecule has 1 atom stereocenters. The molecule has 1 amide bonds. The van der Waals surface area contributed by atoms with Gasteiger partial charge in [0.15, 0.2) is 9.84 Å². The molecule has 0 aliphatic carbocycles. The number of hydrogen-bond acceptors (Lipinski definition) is 4. The van der Waals surface area contributed by atoms with Crippen molar-refractivity contribution >= 4 is 15.7 Å². The van der Waals surface area contributed by atoms with Crippen LogP contribution in [0.15, 0.2) is 0 Å². The van der Waals surface area contributed by atoms with Gasteiger partial charge in [0.2, 0.25) is 5.91 Å². The van der Waals surface area contributed by atoms with Crippen LogP contribution in [0, 0.1) is 0 Å². The normalized spacial score (nSPS) is 25.6. The minimum absolute atomic E-state index is 0.0465. The molecule has 6 heteroatoms. The molecule has 2 N–H and O–H groups in total. The highest BCUT2D eigenvalue weighted by Gasteiger charge is 2.24.